The second kappa shape index (κ2) is 5.34. The Bertz CT molecular complexity index is 457. The number of nitrogens with zero attached hydrogens (tertiary/aromatic N) is 1. The highest BCUT2D eigenvalue weighted by atomic mass is 32.1. The molecule has 3 rings (SSSR count). The van der Waals surface area contributed by atoms with Gasteiger partial charge in [0.1, 0.15) is 5.54 Å². The molecule has 0 atom stereocenters. The predicted molar refractivity (Wildman–Crippen MR) is 84.6 cm³/mol. The number of nitrogens with two attached hydrogens (primary N) is 1. The van der Waals surface area contributed by atoms with Crippen molar-refractivity contribution in [2.45, 2.75) is 76.2 Å². The van der Waals surface area contributed by atoms with Crippen LogP contribution in [0.15, 0.2) is 0 Å². The Kier molecular flexibility index (Phi) is 3.80. The first-order valence-electron chi connectivity index (χ1n) is 8.15. The monoisotopic (exact) mass is 308 g/mol. The highest BCUT2D eigenvalue weighted by molar-refractivity contribution is 7.80. The molecule has 0 bridgehead atoms. The fourth-order valence-electron chi connectivity index (χ4n) is 4.67. The highest BCUT2D eigenvalue weighted by Crippen LogP contribution is 2.49. The Labute approximate surface area is 131 Å². The second-order valence-corrected chi connectivity index (χ2v) is 7.58. The summed E-state index contributed by atoms with van der Waals surface area (Å²) >= 11 is 5.27. The first-order chi connectivity index (χ1) is 9.99. The SMILES string of the molecule is NC(=S)C1(N2C(=O)CC3(CCCC3)CC2=O)CCCCC1. The number of hydrogen-bond donors (Lipinski definition) is 1. The van der Waals surface area contributed by atoms with Crippen molar-refractivity contribution in [3.05, 3.63) is 0 Å². The van der Waals surface area contributed by atoms with E-state index in [1.54, 1.807) is 0 Å². The minimum absolute atomic E-state index is 0.0390. The minimum atomic E-state index is -0.679. The van der Waals surface area contributed by atoms with Gasteiger partial charge < -0.3 is 5.73 Å². The largest absolute Gasteiger partial charge is 0.391 e. The van der Waals surface area contributed by atoms with Crippen molar-refractivity contribution >= 4 is 29.0 Å². The van der Waals surface area contributed by atoms with Crippen molar-refractivity contribution in [1.82, 2.24) is 4.90 Å². The van der Waals surface area contributed by atoms with Gasteiger partial charge in [0.15, 0.2) is 0 Å². The minimum Gasteiger partial charge on any atom is -0.391 e. The molecule has 5 heteroatoms. The normalized spacial score (nSPS) is 28.1. The highest BCUT2D eigenvalue weighted by Gasteiger charge is 2.53. The first kappa shape index (κ1) is 14.9. The smallest absolute Gasteiger partial charge is 0.230 e. The maximum Gasteiger partial charge on any atom is 0.230 e. The predicted octanol–water partition coefficient (Wildman–Crippen LogP) is 2.68. The lowest BCUT2D eigenvalue weighted by Gasteiger charge is -2.49. The number of hydrogen-bond acceptors (Lipinski definition) is 3. The molecule has 21 heavy (non-hydrogen) atoms. The third-order valence-corrected chi connectivity index (χ3v) is 6.16. The standard InChI is InChI=1S/C16H24N2O2S/c17-14(21)16(8-2-1-3-9-16)18-12(19)10-15(11-13(18)20)6-4-5-7-15/h1-11H2,(H2,17,21). The molecule has 2 N–H and O–H groups in total. The van der Waals surface area contributed by atoms with E-state index in [0.29, 0.717) is 17.8 Å². The van der Waals surface area contributed by atoms with Crippen LogP contribution in [-0.4, -0.2) is 27.2 Å². The van der Waals surface area contributed by atoms with E-state index in [-0.39, 0.29) is 17.2 Å². The Morgan fingerprint density at radius 3 is 1.86 bits per heavy atom. The lowest BCUT2D eigenvalue weighted by Crippen LogP contribution is -2.64. The molecule has 2 aliphatic carbocycles. The third-order valence-electron chi connectivity index (χ3n) is 5.78. The van der Waals surface area contributed by atoms with Gasteiger partial charge >= 0.3 is 0 Å². The van der Waals surface area contributed by atoms with Crippen LogP contribution < -0.4 is 5.73 Å². The van der Waals surface area contributed by atoms with Gasteiger partial charge in [-0.05, 0) is 31.1 Å². The molecule has 1 aliphatic heterocycles. The van der Waals surface area contributed by atoms with Gasteiger partial charge in [0.25, 0.3) is 0 Å². The van der Waals surface area contributed by atoms with Crippen LogP contribution >= 0.6 is 12.2 Å². The zero-order chi connectivity index (χ0) is 15.1. The van der Waals surface area contributed by atoms with E-state index < -0.39 is 5.54 Å². The Balaban J connectivity index is 1.89. The first-order valence-corrected chi connectivity index (χ1v) is 8.56. The summed E-state index contributed by atoms with van der Waals surface area (Å²) in [7, 11) is 0. The number of carbonyl (C=O) groups excluding carboxylic acids is 2. The fourth-order valence-corrected chi connectivity index (χ4v) is 4.97. The molecule has 2 amide bonds. The molecule has 3 fully saturated rings. The molecular weight excluding hydrogens is 284 g/mol. The molecule has 1 saturated heterocycles. The molecule has 1 heterocycles. The van der Waals surface area contributed by atoms with E-state index in [1.807, 2.05) is 0 Å². The summed E-state index contributed by atoms with van der Waals surface area (Å²) in [6.07, 6.45) is 9.90. The summed E-state index contributed by atoms with van der Waals surface area (Å²) < 4.78 is 0. The lowest BCUT2D eigenvalue weighted by molar-refractivity contribution is -0.159. The molecule has 0 aromatic carbocycles. The third kappa shape index (κ3) is 2.39. The van der Waals surface area contributed by atoms with Gasteiger partial charge in [-0.25, -0.2) is 0 Å². The van der Waals surface area contributed by atoms with Gasteiger partial charge in [0, 0.05) is 12.8 Å². The molecular formula is C16H24N2O2S. The Morgan fingerprint density at radius 1 is 0.905 bits per heavy atom. The van der Waals surface area contributed by atoms with Crippen LogP contribution in [0.1, 0.15) is 70.6 Å². The average Bonchev–Trinajstić information content (AvgIpc) is 2.86. The van der Waals surface area contributed by atoms with E-state index in [1.165, 1.54) is 4.90 Å². The van der Waals surface area contributed by atoms with Crippen LogP contribution in [-0.2, 0) is 9.59 Å². The molecule has 2 saturated carbocycles. The summed E-state index contributed by atoms with van der Waals surface area (Å²) in [4.78, 5) is 27.3. The number of rotatable bonds is 2. The number of carbonyl (C=O) groups is 2. The molecule has 4 nitrogen and oxygen atoms in total. The molecule has 0 aromatic rings. The maximum atomic E-state index is 12.8. The van der Waals surface area contributed by atoms with E-state index >= 15 is 0 Å². The quantitative estimate of drug-likeness (QED) is 0.629. The molecule has 0 unspecified atom stereocenters. The topological polar surface area (TPSA) is 63.4 Å². The lowest BCUT2D eigenvalue weighted by atomic mass is 9.72. The fraction of sp³-hybridized carbons (Fsp3) is 0.812. The zero-order valence-corrected chi connectivity index (χ0v) is 13.3. The molecule has 1 spiro atoms. The van der Waals surface area contributed by atoms with Crippen LogP contribution in [0, 0.1) is 5.41 Å². The summed E-state index contributed by atoms with van der Waals surface area (Å²) in [5.41, 5.74) is 5.25. The van der Waals surface area contributed by atoms with Gasteiger partial charge in [-0.15, -0.1) is 0 Å². The van der Waals surface area contributed by atoms with Gasteiger partial charge in [-0.2, -0.15) is 0 Å². The summed E-state index contributed by atoms with van der Waals surface area (Å²) in [5, 5.41) is 0. The zero-order valence-electron chi connectivity index (χ0n) is 12.5. The van der Waals surface area contributed by atoms with Crippen molar-refractivity contribution in [1.29, 1.82) is 0 Å². The Hall–Kier alpha value is -0.970. The van der Waals surface area contributed by atoms with Crippen LogP contribution in [0.5, 0.6) is 0 Å². The van der Waals surface area contributed by atoms with Crippen LogP contribution in [0.3, 0.4) is 0 Å². The summed E-state index contributed by atoms with van der Waals surface area (Å²) in [5.74, 6) is -0.0781. The van der Waals surface area contributed by atoms with Gasteiger partial charge in [0.2, 0.25) is 11.8 Å². The van der Waals surface area contributed by atoms with Crippen LogP contribution in [0.2, 0.25) is 0 Å². The van der Waals surface area contributed by atoms with Crippen molar-refractivity contribution in [3.63, 3.8) is 0 Å². The van der Waals surface area contributed by atoms with Gasteiger partial charge in [-0.1, -0.05) is 44.3 Å². The molecule has 3 aliphatic rings. The number of imide groups is 1. The number of piperidine rings is 1. The number of likely N-dealkylation sites (tertiary alicyclic amines) is 1. The van der Waals surface area contributed by atoms with Gasteiger partial charge in [0.05, 0.1) is 4.99 Å². The summed E-state index contributed by atoms with van der Waals surface area (Å²) in [6, 6.07) is 0. The number of thiocarbonyl (C=S) groups is 1. The second-order valence-electron chi connectivity index (χ2n) is 7.14. The van der Waals surface area contributed by atoms with Crippen LogP contribution in [0.4, 0.5) is 0 Å². The Morgan fingerprint density at radius 2 is 1.38 bits per heavy atom. The van der Waals surface area contributed by atoms with E-state index in [0.717, 1.165) is 57.8 Å². The van der Waals surface area contributed by atoms with Crippen molar-refractivity contribution in [2.75, 3.05) is 0 Å². The van der Waals surface area contributed by atoms with Crippen LogP contribution in [0.25, 0.3) is 0 Å². The molecule has 0 aromatic heterocycles. The van der Waals surface area contributed by atoms with E-state index in [9.17, 15) is 9.59 Å². The average molecular weight is 308 g/mol. The van der Waals surface area contributed by atoms with Gasteiger partial charge in [-0.3, -0.25) is 14.5 Å². The molecule has 0 radical (unpaired) electrons. The van der Waals surface area contributed by atoms with Crippen molar-refractivity contribution in [2.24, 2.45) is 11.1 Å². The summed E-state index contributed by atoms with van der Waals surface area (Å²) in [6.45, 7) is 0. The number of amides is 2. The van der Waals surface area contributed by atoms with Crippen molar-refractivity contribution < 1.29 is 9.59 Å². The molecule has 116 valence electrons. The van der Waals surface area contributed by atoms with Crippen molar-refractivity contribution in [3.8, 4) is 0 Å². The maximum absolute atomic E-state index is 12.8. The van der Waals surface area contributed by atoms with E-state index in [2.05, 4.69) is 0 Å². The van der Waals surface area contributed by atoms with E-state index in [4.69, 9.17) is 18.0 Å².